The molecule has 3 rings (SSSR count). The molecule has 3 heterocycles. The number of nitrogens with zero attached hydrogens (tertiary/aromatic N) is 3. The van der Waals surface area contributed by atoms with Gasteiger partial charge in [-0.05, 0) is 30.1 Å². The summed E-state index contributed by atoms with van der Waals surface area (Å²) in [6.07, 6.45) is 1.60. The maximum atomic E-state index is 12.2. The maximum absolute atomic E-state index is 12.2. The van der Waals surface area contributed by atoms with Gasteiger partial charge in [0.05, 0.1) is 10.7 Å². The first-order valence-electron chi connectivity index (χ1n) is 7.08. The van der Waals surface area contributed by atoms with Crippen molar-refractivity contribution in [1.29, 1.82) is 0 Å². The van der Waals surface area contributed by atoms with E-state index in [4.69, 9.17) is 11.6 Å². The van der Waals surface area contributed by atoms with Crippen LogP contribution in [0.4, 0.5) is 0 Å². The number of pyridine rings is 1. The van der Waals surface area contributed by atoms with Crippen molar-refractivity contribution in [3.63, 3.8) is 0 Å². The number of thiophene rings is 1. The zero-order valence-electron chi connectivity index (χ0n) is 12.2. The molecular formula is C16H16ClN3OS. The second-order valence-electron chi connectivity index (χ2n) is 5.04. The Kier molecular flexibility index (Phi) is 4.57. The molecule has 0 aliphatic heterocycles. The van der Waals surface area contributed by atoms with Crippen molar-refractivity contribution in [3.05, 3.63) is 67.9 Å². The van der Waals surface area contributed by atoms with Crippen LogP contribution in [0, 0.1) is 0 Å². The molecule has 0 atom stereocenters. The molecule has 0 unspecified atom stereocenters. The Morgan fingerprint density at radius 1 is 1.32 bits per heavy atom. The van der Waals surface area contributed by atoms with Gasteiger partial charge in [0.25, 0.3) is 5.56 Å². The van der Waals surface area contributed by atoms with E-state index in [1.165, 1.54) is 9.28 Å². The van der Waals surface area contributed by atoms with Crippen molar-refractivity contribution in [2.45, 2.75) is 20.0 Å². The van der Waals surface area contributed by atoms with Gasteiger partial charge in [0.15, 0.2) is 0 Å². The molecule has 0 aromatic carbocycles. The van der Waals surface area contributed by atoms with Crippen molar-refractivity contribution in [3.8, 4) is 0 Å². The fourth-order valence-corrected chi connectivity index (χ4v) is 3.25. The van der Waals surface area contributed by atoms with E-state index in [1.54, 1.807) is 35.7 Å². The van der Waals surface area contributed by atoms with Crippen molar-refractivity contribution < 1.29 is 0 Å². The highest BCUT2D eigenvalue weighted by molar-refractivity contribution is 7.09. The molecule has 22 heavy (non-hydrogen) atoms. The monoisotopic (exact) mass is 333 g/mol. The summed E-state index contributed by atoms with van der Waals surface area (Å²) in [4.78, 5) is 20.3. The van der Waals surface area contributed by atoms with Crippen LogP contribution in [0.2, 0.25) is 5.02 Å². The van der Waals surface area contributed by atoms with Crippen molar-refractivity contribution in [2.24, 2.45) is 0 Å². The summed E-state index contributed by atoms with van der Waals surface area (Å²) >= 11 is 7.66. The van der Waals surface area contributed by atoms with Crippen LogP contribution in [0.3, 0.4) is 0 Å². The normalized spacial score (nSPS) is 11.4. The lowest BCUT2D eigenvalue weighted by Gasteiger charge is -2.19. The lowest BCUT2D eigenvalue weighted by atomic mass is 10.3. The SMILES string of the molecule is CCN(Cc1cc(=O)n2cc(Cl)ccc2n1)Cc1cccs1. The van der Waals surface area contributed by atoms with Crippen molar-refractivity contribution in [2.75, 3.05) is 6.54 Å². The molecule has 6 heteroatoms. The molecule has 0 saturated heterocycles. The molecule has 0 fully saturated rings. The summed E-state index contributed by atoms with van der Waals surface area (Å²) in [5, 5.41) is 2.60. The predicted molar refractivity (Wildman–Crippen MR) is 90.6 cm³/mol. The smallest absolute Gasteiger partial charge is 0.258 e. The highest BCUT2D eigenvalue weighted by Crippen LogP contribution is 2.14. The van der Waals surface area contributed by atoms with Gasteiger partial charge in [0.1, 0.15) is 5.65 Å². The average molecular weight is 334 g/mol. The van der Waals surface area contributed by atoms with Crippen LogP contribution < -0.4 is 5.56 Å². The van der Waals surface area contributed by atoms with Crippen LogP contribution in [-0.2, 0) is 13.1 Å². The Labute approximate surface area is 137 Å². The molecule has 4 nitrogen and oxygen atoms in total. The number of aromatic nitrogens is 2. The number of hydrogen-bond donors (Lipinski definition) is 0. The van der Waals surface area contributed by atoms with E-state index >= 15 is 0 Å². The van der Waals surface area contributed by atoms with Crippen LogP contribution >= 0.6 is 22.9 Å². The van der Waals surface area contributed by atoms with Gasteiger partial charge in [-0.15, -0.1) is 11.3 Å². The molecule has 0 saturated carbocycles. The largest absolute Gasteiger partial charge is 0.293 e. The molecule has 0 amide bonds. The van der Waals surface area contributed by atoms with E-state index in [9.17, 15) is 4.79 Å². The summed E-state index contributed by atoms with van der Waals surface area (Å²) in [6.45, 7) is 4.54. The molecule has 0 aliphatic rings. The molecule has 3 aromatic rings. The Balaban J connectivity index is 1.86. The van der Waals surface area contributed by atoms with E-state index in [0.29, 0.717) is 17.2 Å². The van der Waals surface area contributed by atoms with Crippen LogP contribution in [0.15, 0.2) is 46.7 Å². The Bertz CT molecular complexity index is 829. The Morgan fingerprint density at radius 3 is 2.91 bits per heavy atom. The predicted octanol–water partition coefficient (Wildman–Crippen LogP) is 3.43. The third-order valence-corrected chi connectivity index (χ3v) is 4.55. The van der Waals surface area contributed by atoms with Crippen LogP contribution in [0.1, 0.15) is 17.5 Å². The van der Waals surface area contributed by atoms with E-state index in [2.05, 4.69) is 34.3 Å². The first-order chi connectivity index (χ1) is 10.7. The molecule has 3 aromatic heterocycles. The zero-order valence-corrected chi connectivity index (χ0v) is 13.8. The topological polar surface area (TPSA) is 37.6 Å². The Hall–Kier alpha value is -1.69. The summed E-state index contributed by atoms with van der Waals surface area (Å²) in [5.41, 5.74) is 1.31. The van der Waals surface area contributed by atoms with E-state index in [0.717, 1.165) is 18.8 Å². The maximum Gasteiger partial charge on any atom is 0.258 e. The fraction of sp³-hybridized carbons (Fsp3) is 0.250. The van der Waals surface area contributed by atoms with Gasteiger partial charge >= 0.3 is 0 Å². The van der Waals surface area contributed by atoms with Gasteiger partial charge in [-0.1, -0.05) is 24.6 Å². The third-order valence-electron chi connectivity index (χ3n) is 3.47. The Morgan fingerprint density at radius 2 is 2.18 bits per heavy atom. The third kappa shape index (κ3) is 3.38. The molecule has 0 radical (unpaired) electrons. The van der Waals surface area contributed by atoms with Gasteiger partial charge in [0.2, 0.25) is 0 Å². The number of fused-ring (bicyclic) bond motifs is 1. The van der Waals surface area contributed by atoms with E-state index in [1.807, 2.05) is 0 Å². The lowest BCUT2D eigenvalue weighted by molar-refractivity contribution is 0.270. The zero-order chi connectivity index (χ0) is 15.5. The minimum absolute atomic E-state index is 0.102. The first kappa shape index (κ1) is 15.2. The standard InChI is InChI=1S/C16H16ClN3OS/c1-2-19(11-14-4-3-7-22-14)10-13-8-16(21)20-9-12(17)5-6-15(20)18-13/h3-9H,2,10-11H2,1H3. The molecule has 114 valence electrons. The quantitative estimate of drug-likeness (QED) is 0.718. The average Bonchev–Trinajstić information content (AvgIpc) is 3.00. The number of rotatable bonds is 5. The summed E-state index contributed by atoms with van der Waals surface area (Å²) < 4.78 is 1.47. The summed E-state index contributed by atoms with van der Waals surface area (Å²) in [7, 11) is 0. The number of hydrogen-bond acceptors (Lipinski definition) is 4. The molecule has 0 N–H and O–H groups in total. The van der Waals surface area contributed by atoms with Gasteiger partial charge < -0.3 is 0 Å². The summed E-state index contributed by atoms with van der Waals surface area (Å²) in [6, 6.07) is 9.27. The second-order valence-corrected chi connectivity index (χ2v) is 6.51. The lowest BCUT2D eigenvalue weighted by Crippen LogP contribution is -2.24. The summed E-state index contributed by atoms with van der Waals surface area (Å²) in [5.74, 6) is 0. The minimum Gasteiger partial charge on any atom is -0.293 e. The van der Waals surface area contributed by atoms with Gasteiger partial charge in [-0.2, -0.15) is 0 Å². The highest BCUT2D eigenvalue weighted by atomic mass is 35.5. The van der Waals surface area contributed by atoms with E-state index < -0.39 is 0 Å². The van der Waals surface area contributed by atoms with Crippen molar-refractivity contribution in [1.82, 2.24) is 14.3 Å². The second kappa shape index (κ2) is 6.60. The van der Waals surface area contributed by atoms with Crippen molar-refractivity contribution >= 4 is 28.6 Å². The van der Waals surface area contributed by atoms with Gasteiger partial charge in [-0.25, -0.2) is 4.98 Å². The van der Waals surface area contributed by atoms with Gasteiger partial charge in [0, 0.05) is 30.2 Å². The molecular weight excluding hydrogens is 318 g/mol. The first-order valence-corrected chi connectivity index (χ1v) is 8.34. The van der Waals surface area contributed by atoms with Crippen LogP contribution in [0.25, 0.3) is 5.65 Å². The van der Waals surface area contributed by atoms with E-state index in [-0.39, 0.29) is 5.56 Å². The minimum atomic E-state index is -0.102. The number of halogens is 1. The molecule has 0 bridgehead atoms. The molecule has 0 aliphatic carbocycles. The fourth-order valence-electron chi connectivity index (χ4n) is 2.34. The van der Waals surface area contributed by atoms with Gasteiger partial charge in [-0.3, -0.25) is 14.1 Å². The van der Waals surface area contributed by atoms with Crippen LogP contribution in [-0.4, -0.2) is 20.8 Å². The van der Waals surface area contributed by atoms with Crippen LogP contribution in [0.5, 0.6) is 0 Å². The molecule has 0 spiro atoms. The highest BCUT2D eigenvalue weighted by Gasteiger charge is 2.09.